The van der Waals surface area contributed by atoms with Crippen LogP contribution < -0.4 is 5.73 Å². The first kappa shape index (κ1) is 14.5. The average Bonchev–Trinajstić information content (AvgIpc) is 2.83. The Balaban J connectivity index is 1.94. The van der Waals surface area contributed by atoms with E-state index in [0.29, 0.717) is 24.0 Å². The zero-order valence-corrected chi connectivity index (χ0v) is 12.8. The lowest BCUT2D eigenvalue weighted by Crippen LogP contribution is -2.16. The zero-order chi connectivity index (χ0) is 14.5. The van der Waals surface area contributed by atoms with E-state index in [9.17, 15) is 0 Å². The van der Waals surface area contributed by atoms with Gasteiger partial charge in [-0.2, -0.15) is 0 Å². The van der Waals surface area contributed by atoms with Gasteiger partial charge in [0.25, 0.3) is 5.89 Å². The van der Waals surface area contributed by atoms with Gasteiger partial charge in [-0.3, -0.25) is 0 Å². The van der Waals surface area contributed by atoms with E-state index in [1.165, 1.54) is 0 Å². The number of nitrogens with two attached hydrogens (primary N) is 1. The van der Waals surface area contributed by atoms with Crippen molar-refractivity contribution in [3.8, 4) is 0 Å². The van der Waals surface area contributed by atoms with Crippen molar-refractivity contribution in [1.82, 2.24) is 10.2 Å². The maximum Gasteiger partial charge on any atom is 0.259 e. The molecular weight excluding hydrogens is 324 g/mol. The lowest BCUT2D eigenvalue weighted by molar-refractivity contribution is 0.0512. The van der Waals surface area contributed by atoms with Crippen molar-refractivity contribution < 1.29 is 9.25 Å². The fraction of sp³-hybridized carbons (Fsp3) is 0.308. The normalized spacial score (nSPS) is 13.2. The molecule has 0 fully saturated rings. The van der Waals surface area contributed by atoms with Crippen LogP contribution in [0.15, 0.2) is 38.3 Å². The third-order valence-corrected chi connectivity index (χ3v) is 2.99. The Labute approximate surface area is 125 Å². The molecule has 2 rings (SSSR count). The monoisotopic (exact) mass is 338 g/mol. The number of halogens is 1. The fourth-order valence-electron chi connectivity index (χ4n) is 1.56. The lowest BCUT2D eigenvalue weighted by Gasteiger charge is -2.06. The number of benzene rings is 1. The number of amidine groups is 1. The zero-order valence-electron chi connectivity index (χ0n) is 11.2. The maximum absolute atomic E-state index is 5.83. The number of rotatable bonds is 5. The first-order valence-electron chi connectivity index (χ1n) is 6.07. The van der Waals surface area contributed by atoms with Crippen LogP contribution in [0.4, 0.5) is 0 Å². The summed E-state index contributed by atoms with van der Waals surface area (Å²) in [5, 5.41) is 11.5. The number of aromatic nitrogens is 2. The second-order valence-electron chi connectivity index (χ2n) is 4.30. The van der Waals surface area contributed by atoms with Gasteiger partial charge in [0.1, 0.15) is 5.84 Å². The number of aryl methyl sites for hydroxylation is 1. The molecule has 0 bridgehead atoms. The molecule has 6 nitrogen and oxygen atoms in total. The van der Waals surface area contributed by atoms with E-state index in [2.05, 4.69) is 31.3 Å². The number of hydrogen-bond donors (Lipinski definition) is 1. The fourth-order valence-corrected chi connectivity index (χ4v) is 2.00. The van der Waals surface area contributed by atoms with Gasteiger partial charge < -0.3 is 15.0 Å². The molecule has 0 aliphatic carbocycles. The van der Waals surface area contributed by atoms with Crippen LogP contribution >= 0.6 is 15.9 Å². The van der Waals surface area contributed by atoms with Gasteiger partial charge in [-0.15, -0.1) is 10.2 Å². The van der Waals surface area contributed by atoms with Crippen molar-refractivity contribution in [2.24, 2.45) is 10.9 Å². The Morgan fingerprint density at radius 2 is 2.30 bits per heavy atom. The highest BCUT2D eigenvalue weighted by Gasteiger charge is 2.13. The average molecular weight is 339 g/mol. The molecule has 1 heterocycles. The van der Waals surface area contributed by atoms with Crippen LogP contribution in [0.5, 0.6) is 0 Å². The van der Waals surface area contributed by atoms with Crippen LogP contribution in [0.3, 0.4) is 0 Å². The summed E-state index contributed by atoms with van der Waals surface area (Å²) in [6.45, 7) is 3.48. The van der Waals surface area contributed by atoms with Crippen LogP contribution in [0.1, 0.15) is 30.4 Å². The van der Waals surface area contributed by atoms with Gasteiger partial charge in [-0.1, -0.05) is 33.2 Å². The van der Waals surface area contributed by atoms with E-state index in [1.54, 1.807) is 13.8 Å². The Hall–Kier alpha value is -1.89. The summed E-state index contributed by atoms with van der Waals surface area (Å²) < 4.78 is 6.25. The summed E-state index contributed by atoms with van der Waals surface area (Å²) in [6.07, 6.45) is 0.0759. The minimum atomic E-state index is -0.433. The molecule has 0 amide bonds. The molecule has 1 aromatic carbocycles. The number of hydrogen-bond acceptors (Lipinski definition) is 5. The van der Waals surface area contributed by atoms with Crippen LogP contribution in [0.2, 0.25) is 0 Å². The molecule has 20 heavy (non-hydrogen) atoms. The van der Waals surface area contributed by atoms with Crippen molar-refractivity contribution in [3.05, 3.63) is 46.1 Å². The minimum absolute atomic E-state index is 0.376. The van der Waals surface area contributed by atoms with Crippen LogP contribution in [0, 0.1) is 6.92 Å². The van der Waals surface area contributed by atoms with Gasteiger partial charge >= 0.3 is 0 Å². The molecule has 0 spiro atoms. The summed E-state index contributed by atoms with van der Waals surface area (Å²) in [7, 11) is 0. The summed E-state index contributed by atoms with van der Waals surface area (Å²) in [5.41, 5.74) is 6.88. The molecule has 1 atom stereocenters. The van der Waals surface area contributed by atoms with Crippen molar-refractivity contribution in [2.75, 3.05) is 0 Å². The van der Waals surface area contributed by atoms with E-state index in [4.69, 9.17) is 15.0 Å². The second-order valence-corrected chi connectivity index (χ2v) is 5.21. The topological polar surface area (TPSA) is 86.5 Å². The van der Waals surface area contributed by atoms with E-state index in [1.807, 2.05) is 24.3 Å². The molecule has 1 unspecified atom stereocenters. The van der Waals surface area contributed by atoms with Crippen LogP contribution in [-0.2, 0) is 11.3 Å². The smallest absolute Gasteiger partial charge is 0.259 e. The highest BCUT2D eigenvalue weighted by Crippen LogP contribution is 2.15. The summed E-state index contributed by atoms with van der Waals surface area (Å²) in [5.74, 6) is 1.24. The van der Waals surface area contributed by atoms with Gasteiger partial charge in [-0.25, -0.2) is 0 Å². The standard InChI is InChI=1S/C13H15BrN4O2/c1-8(13-17-16-9(2)19-13)20-18-12(15)7-10-4-3-5-11(14)6-10/h3-6,8H,7H2,1-2H3,(H2,15,18). The van der Waals surface area contributed by atoms with Crippen LogP contribution in [0.25, 0.3) is 0 Å². The van der Waals surface area contributed by atoms with E-state index in [-0.39, 0.29) is 0 Å². The Bertz CT molecular complexity index is 612. The summed E-state index contributed by atoms with van der Waals surface area (Å²) >= 11 is 3.41. The molecule has 0 saturated carbocycles. The predicted octanol–water partition coefficient (Wildman–Crippen LogP) is 2.73. The van der Waals surface area contributed by atoms with Gasteiger partial charge in [0, 0.05) is 17.8 Å². The van der Waals surface area contributed by atoms with Crippen molar-refractivity contribution in [1.29, 1.82) is 0 Å². The van der Waals surface area contributed by atoms with E-state index < -0.39 is 6.10 Å². The number of oxime groups is 1. The first-order chi connectivity index (χ1) is 9.54. The van der Waals surface area contributed by atoms with Crippen LogP contribution in [-0.4, -0.2) is 16.0 Å². The van der Waals surface area contributed by atoms with E-state index in [0.717, 1.165) is 10.0 Å². The predicted molar refractivity (Wildman–Crippen MR) is 78.0 cm³/mol. The SMILES string of the molecule is Cc1nnc(C(C)O/N=C(\N)Cc2cccc(Br)c2)o1. The third kappa shape index (κ3) is 4.06. The van der Waals surface area contributed by atoms with Crippen molar-refractivity contribution in [3.63, 3.8) is 0 Å². The number of nitrogens with zero attached hydrogens (tertiary/aromatic N) is 3. The maximum atomic E-state index is 5.83. The first-order valence-corrected chi connectivity index (χ1v) is 6.86. The highest BCUT2D eigenvalue weighted by molar-refractivity contribution is 9.10. The molecule has 0 saturated heterocycles. The summed E-state index contributed by atoms with van der Waals surface area (Å²) in [4.78, 5) is 5.26. The quantitative estimate of drug-likeness (QED) is 0.514. The van der Waals surface area contributed by atoms with Crippen molar-refractivity contribution in [2.45, 2.75) is 26.4 Å². The largest absolute Gasteiger partial charge is 0.422 e. The van der Waals surface area contributed by atoms with Gasteiger partial charge in [-0.05, 0) is 24.6 Å². The molecule has 0 radical (unpaired) electrons. The van der Waals surface area contributed by atoms with Crippen molar-refractivity contribution >= 4 is 21.8 Å². The minimum Gasteiger partial charge on any atom is -0.422 e. The van der Waals surface area contributed by atoms with E-state index >= 15 is 0 Å². The molecular formula is C13H15BrN4O2. The Kier molecular flexibility index (Phi) is 4.73. The van der Waals surface area contributed by atoms with Gasteiger partial charge in [0.15, 0.2) is 0 Å². The molecule has 2 N–H and O–H groups in total. The van der Waals surface area contributed by atoms with Gasteiger partial charge in [0.05, 0.1) is 0 Å². The highest BCUT2D eigenvalue weighted by atomic mass is 79.9. The second kappa shape index (κ2) is 6.51. The third-order valence-electron chi connectivity index (χ3n) is 2.49. The Morgan fingerprint density at radius 1 is 1.50 bits per heavy atom. The van der Waals surface area contributed by atoms with Gasteiger partial charge in [0.2, 0.25) is 12.0 Å². The molecule has 0 aliphatic rings. The molecule has 1 aromatic heterocycles. The molecule has 106 valence electrons. The summed E-state index contributed by atoms with van der Waals surface area (Å²) in [6, 6.07) is 7.84. The molecule has 7 heteroatoms. The molecule has 0 aliphatic heterocycles. The molecule has 2 aromatic rings. The Morgan fingerprint density at radius 3 is 2.95 bits per heavy atom. The lowest BCUT2D eigenvalue weighted by atomic mass is 10.1.